The van der Waals surface area contributed by atoms with E-state index in [-0.39, 0.29) is 0 Å². The molecule has 1 unspecified atom stereocenters. The van der Waals surface area contributed by atoms with Gasteiger partial charge in [-0.25, -0.2) is 9.97 Å². The number of aromatic nitrogens is 8. The van der Waals surface area contributed by atoms with Crippen LogP contribution in [-0.4, -0.2) is 40.3 Å². The largest absolute Gasteiger partial charge is 0.618 e. The van der Waals surface area contributed by atoms with Gasteiger partial charge in [-0.2, -0.15) is 9.94 Å². The quantitative estimate of drug-likeness (QED) is 0.192. The molecule has 10 nitrogen and oxygen atoms in total. The van der Waals surface area contributed by atoms with Crippen molar-refractivity contribution < 1.29 is 9.84 Å². The lowest BCUT2D eigenvalue weighted by molar-refractivity contribution is -0.593. The van der Waals surface area contributed by atoms with Crippen molar-refractivity contribution in [3.05, 3.63) is 101 Å². The minimum absolute atomic E-state index is 0.430. The van der Waals surface area contributed by atoms with Crippen molar-refractivity contribution >= 4 is 11.2 Å². The number of fused-ring (bicyclic) bond motifs is 1. The second kappa shape index (κ2) is 11.3. The number of aryl methyl sites for hydroxylation is 1. The van der Waals surface area contributed by atoms with E-state index in [1.54, 1.807) is 25.1 Å². The summed E-state index contributed by atoms with van der Waals surface area (Å²) in [6.07, 6.45) is 3.41. The highest BCUT2D eigenvalue weighted by atomic mass is 16.5. The molecule has 0 aliphatic rings. The van der Waals surface area contributed by atoms with Crippen LogP contribution in [0.1, 0.15) is 49.9 Å². The third kappa shape index (κ3) is 5.17. The number of rotatable bonds is 9. The summed E-state index contributed by atoms with van der Waals surface area (Å²) in [6, 6.07) is 23.5. The van der Waals surface area contributed by atoms with Crippen LogP contribution < -0.4 is 4.73 Å². The number of benzene rings is 2. The maximum Gasteiger partial charge on any atom is 0.225 e. The van der Waals surface area contributed by atoms with E-state index in [0.29, 0.717) is 40.5 Å². The van der Waals surface area contributed by atoms with E-state index in [2.05, 4.69) is 56.4 Å². The van der Waals surface area contributed by atoms with Crippen LogP contribution >= 0.6 is 0 Å². The molecule has 10 heteroatoms. The van der Waals surface area contributed by atoms with Crippen LogP contribution in [0.15, 0.2) is 79.0 Å². The number of aromatic amines is 1. The summed E-state index contributed by atoms with van der Waals surface area (Å²) in [6.45, 7) is 4.39. The van der Waals surface area contributed by atoms with E-state index in [1.807, 2.05) is 30.3 Å². The van der Waals surface area contributed by atoms with E-state index in [4.69, 9.17) is 9.97 Å². The van der Waals surface area contributed by atoms with Crippen molar-refractivity contribution in [2.24, 2.45) is 0 Å². The van der Waals surface area contributed by atoms with E-state index in [0.717, 1.165) is 52.1 Å². The SMILES string of the molecule is CCCCc1nc2cc(-c3cccc[n+]3[O-])c(C(C)O)nc2n1Cc1ccc(-c2ccccc2-c2nn[nH]n2)cc1. The third-order valence-corrected chi connectivity index (χ3v) is 7.20. The van der Waals surface area contributed by atoms with Crippen molar-refractivity contribution in [2.75, 3.05) is 0 Å². The van der Waals surface area contributed by atoms with Crippen LogP contribution in [0.3, 0.4) is 0 Å². The minimum Gasteiger partial charge on any atom is -0.618 e. The van der Waals surface area contributed by atoms with Gasteiger partial charge in [0.15, 0.2) is 11.8 Å². The number of nitrogens with one attached hydrogen (secondary N) is 1. The molecule has 41 heavy (non-hydrogen) atoms. The number of pyridine rings is 2. The van der Waals surface area contributed by atoms with Crippen LogP contribution in [0.4, 0.5) is 0 Å². The molecule has 4 aromatic heterocycles. The Labute approximate surface area is 237 Å². The fourth-order valence-electron chi connectivity index (χ4n) is 5.14. The average molecular weight is 547 g/mol. The van der Waals surface area contributed by atoms with Crippen molar-refractivity contribution in [1.29, 1.82) is 0 Å². The summed E-state index contributed by atoms with van der Waals surface area (Å²) >= 11 is 0. The van der Waals surface area contributed by atoms with Gasteiger partial charge in [0.05, 0.1) is 23.9 Å². The third-order valence-electron chi connectivity index (χ3n) is 7.20. The number of hydrogen-bond donors (Lipinski definition) is 2. The molecule has 6 aromatic rings. The molecule has 0 saturated heterocycles. The molecule has 1 atom stereocenters. The first-order chi connectivity index (χ1) is 20.0. The average Bonchev–Trinajstić information content (AvgIpc) is 3.64. The molecule has 6 rings (SSSR count). The van der Waals surface area contributed by atoms with Crippen molar-refractivity contribution in [3.8, 4) is 33.8 Å². The van der Waals surface area contributed by atoms with Crippen LogP contribution in [0.2, 0.25) is 0 Å². The molecule has 2 N–H and O–H groups in total. The number of imidazole rings is 1. The lowest BCUT2D eigenvalue weighted by Crippen LogP contribution is -2.28. The van der Waals surface area contributed by atoms with Gasteiger partial charge in [0.25, 0.3) is 0 Å². The van der Waals surface area contributed by atoms with Gasteiger partial charge in [0, 0.05) is 24.1 Å². The summed E-state index contributed by atoms with van der Waals surface area (Å²) in [7, 11) is 0. The van der Waals surface area contributed by atoms with Crippen molar-refractivity contribution in [1.82, 2.24) is 35.2 Å². The van der Waals surface area contributed by atoms with Crippen LogP contribution in [0.25, 0.3) is 44.9 Å². The molecule has 0 aliphatic carbocycles. The number of tetrazole rings is 1. The summed E-state index contributed by atoms with van der Waals surface area (Å²) in [5, 5.41) is 37.8. The normalized spacial score (nSPS) is 12.2. The zero-order valence-electron chi connectivity index (χ0n) is 22.9. The molecule has 0 spiro atoms. The van der Waals surface area contributed by atoms with Crippen LogP contribution in [0, 0.1) is 5.21 Å². The molecule has 0 aliphatic heterocycles. The molecular weight excluding hydrogens is 516 g/mol. The first-order valence-electron chi connectivity index (χ1n) is 13.7. The summed E-state index contributed by atoms with van der Waals surface area (Å²) in [5.41, 5.74) is 6.91. The molecule has 4 heterocycles. The highest BCUT2D eigenvalue weighted by Gasteiger charge is 2.22. The van der Waals surface area contributed by atoms with Gasteiger partial charge in [0.2, 0.25) is 11.5 Å². The van der Waals surface area contributed by atoms with Gasteiger partial charge in [-0.3, -0.25) is 0 Å². The first kappa shape index (κ1) is 26.3. The Hall–Kier alpha value is -4.96. The summed E-state index contributed by atoms with van der Waals surface area (Å²) in [4.78, 5) is 9.85. The Balaban J connectivity index is 1.40. The van der Waals surface area contributed by atoms with Crippen molar-refractivity contribution in [3.63, 3.8) is 0 Å². The fourth-order valence-corrected chi connectivity index (χ4v) is 5.14. The van der Waals surface area contributed by atoms with Gasteiger partial charge in [-0.15, -0.1) is 10.2 Å². The molecule has 0 saturated carbocycles. The summed E-state index contributed by atoms with van der Waals surface area (Å²) in [5.74, 6) is 1.48. The Kier molecular flexibility index (Phi) is 7.22. The Morgan fingerprint density at radius 3 is 2.46 bits per heavy atom. The predicted octanol–water partition coefficient (Wildman–Crippen LogP) is 5.02. The molecule has 0 bridgehead atoms. The Bertz CT molecular complexity index is 1790. The molecule has 0 fully saturated rings. The predicted molar refractivity (Wildman–Crippen MR) is 155 cm³/mol. The Morgan fingerprint density at radius 1 is 0.976 bits per heavy atom. The smallest absolute Gasteiger partial charge is 0.225 e. The van der Waals surface area contributed by atoms with E-state index >= 15 is 0 Å². The zero-order chi connectivity index (χ0) is 28.3. The second-order valence-corrected chi connectivity index (χ2v) is 10.0. The number of aliphatic hydroxyl groups excluding tert-OH is 1. The molecule has 2 aromatic carbocycles. The Morgan fingerprint density at radius 2 is 1.76 bits per heavy atom. The number of unbranched alkanes of at least 4 members (excludes halogenated alkanes) is 1. The van der Waals surface area contributed by atoms with Gasteiger partial charge >= 0.3 is 0 Å². The second-order valence-electron chi connectivity index (χ2n) is 10.0. The standard InChI is InChI=1S/C31H30N8O2/c1-3-4-12-28-32-26-18-25(27-11-7-8-17-39(27)41)29(20(2)40)33-31(26)38(28)19-21-13-15-22(16-14-21)23-9-5-6-10-24(23)30-34-36-37-35-30/h5-11,13-18,20,40H,3-4,12,19H2,1-2H3,(H,34,35,36,37). The highest BCUT2D eigenvalue weighted by molar-refractivity contribution is 5.81. The van der Waals surface area contributed by atoms with Gasteiger partial charge in [-0.1, -0.05) is 61.9 Å². The maximum absolute atomic E-state index is 12.6. The van der Waals surface area contributed by atoms with E-state index < -0.39 is 6.10 Å². The lowest BCUT2D eigenvalue weighted by atomic mass is 9.98. The topological polar surface area (TPSA) is 132 Å². The van der Waals surface area contributed by atoms with E-state index in [1.165, 1.54) is 6.20 Å². The maximum atomic E-state index is 12.6. The first-order valence-corrected chi connectivity index (χ1v) is 13.7. The monoisotopic (exact) mass is 546 g/mol. The number of nitrogens with zero attached hydrogens (tertiary/aromatic N) is 7. The van der Waals surface area contributed by atoms with Gasteiger partial charge < -0.3 is 14.9 Å². The molecule has 0 amide bonds. The van der Waals surface area contributed by atoms with Crippen molar-refractivity contribution in [2.45, 2.75) is 45.8 Å². The van der Waals surface area contributed by atoms with Crippen LogP contribution in [-0.2, 0) is 13.0 Å². The number of aliphatic hydroxyl groups is 1. The minimum atomic E-state index is -0.865. The molecule has 206 valence electrons. The number of H-pyrrole nitrogens is 1. The van der Waals surface area contributed by atoms with Gasteiger partial charge in [-0.05, 0) is 47.4 Å². The van der Waals surface area contributed by atoms with Crippen LogP contribution in [0.5, 0.6) is 0 Å². The highest BCUT2D eigenvalue weighted by Crippen LogP contribution is 2.32. The lowest BCUT2D eigenvalue weighted by Gasteiger charge is -2.13. The molecule has 0 radical (unpaired) electrons. The molecular formula is C31H30N8O2. The summed E-state index contributed by atoms with van der Waals surface area (Å²) < 4.78 is 2.92. The number of hydrogen-bond acceptors (Lipinski definition) is 7. The zero-order valence-corrected chi connectivity index (χ0v) is 22.9. The van der Waals surface area contributed by atoms with E-state index in [9.17, 15) is 10.3 Å². The fraction of sp³-hybridized carbons (Fsp3) is 0.226. The van der Waals surface area contributed by atoms with Gasteiger partial charge in [0.1, 0.15) is 11.3 Å².